The van der Waals surface area contributed by atoms with Crippen molar-refractivity contribution in [3.63, 3.8) is 0 Å². The van der Waals surface area contributed by atoms with Gasteiger partial charge in [-0.1, -0.05) is 103 Å². The average molecular weight is 599 g/mol. The van der Waals surface area contributed by atoms with E-state index in [1.807, 2.05) is 0 Å². The summed E-state index contributed by atoms with van der Waals surface area (Å²) in [5.41, 5.74) is 0. The quantitative estimate of drug-likeness (QED) is 0.0666. The van der Waals surface area contributed by atoms with Gasteiger partial charge in [0.05, 0.1) is 18.9 Å². The summed E-state index contributed by atoms with van der Waals surface area (Å²) < 4.78 is 28.6. The second-order valence-corrected chi connectivity index (χ2v) is 13.3. The normalized spacial score (nSPS) is 27.5. The number of methoxy groups -OCH3 is 1. The SMILES string of the molecule is CCCCCCCCCCCCCCCCCCOCC(CCP(=O)(O)OC1C(O)C(O)C(O)C(O)C1O)OC. The van der Waals surface area contributed by atoms with Crippen LogP contribution in [-0.4, -0.2) is 99.6 Å². The number of rotatable bonds is 25. The Morgan fingerprint density at radius 3 is 1.48 bits per heavy atom. The van der Waals surface area contributed by atoms with Crippen molar-refractivity contribution in [2.45, 2.75) is 159 Å². The van der Waals surface area contributed by atoms with Crippen LogP contribution in [0.3, 0.4) is 0 Å². The molecule has 1 rings (SSSR count). The highest BCUT2D eigenvalue weighted by atomic mass is 31.2. The van der Waals surface area contributed by atoms with Gasteiger partial charge in [-0.2, -0.15) is 0 Å². The molecule has 6 N–H and O–H groups in total. The van der Waals surface area contributed by atoms with Gasteiger partial charge < -0.3 is 39.9 Å². The highest BCUT2D eigenvalue weighted by molar-refractivity contribution is 7.52. The zero-order valence-corrected chi connectivity index (χ0v) is 25.8. The number of aliphatic hydroxyl groups is 5. The number of aliphatic hydroxyl groups excluding tert-OH is 5. The van der Waals surface area contributed by atoms with E-state index >= 15 is 0 Å². The molecule has 1 fully saturated rings. The van der Waals surface area contributed by atoms with Crippen molar-refractivity contribution < 1.29 is 49.0 Å². The fourth-order valence-electron chi connectivity index (χ4n) is 5.11. The van der Waals surface area contributed by atoms with Crippen LogP contribution >= 0.6 is 7.60 Å². The monoisotopic (exact) mass is 598 g/mol. The molecule has 40 heavy (non-hydrogen) atoms. The van der Waals surface area contributed by atoms with E-state index in [9.17, 15) is 35.0 Å². The third kappa shape index (κ3) is 15.9. The first-order valence-electron chi connectivity index (χ1n) is 15.7. The fraction of sp³-hybridized carbons (Fsp3) is 1.00. The maximum atomic E-state index is 12.5. The van der Waals surface area contributed by atoms with Gasteiger partial charge in [0.2, 0.25) is 0 Å². The lowest BCUT2D eigenvalue weighted by molar-refractivity contribution is -0.218. The largest absolute Gasteiger partial charge is 0.387 e. The third-order valence-corrected chi connectivity index (χ3v) is 9.27. The maximum Gasteiger partial charge on any atom is 0.328 e. The molecular formula is C29H59O10P. The number of ether oxygens (including phenoxy) is 2. The van der Waals surface area contributed by atoms with Crippen LogP contribution in [0.1, 0.15) is 116 Å². The van der Waals surface area contributed by atoms with E-state index in [1.165, 1.54) is 97.0 Å². The average Bonchev–Trinajstić information content (AvgIpc) is 2.94. The Balaban J connectivity index is 2.05. The number of hydrogen-bond donors (Lipinski definition) is 6. The summed E-state index contributed by atoms with van der Waals surface area (Å²) in [6, 6.07) is 0. The minimum Gasteiger partial charge on any atom is -0.387 e. The van der Waals surface area contributed by atoms with E-state index in [0.717, 1.165) is 12.8 Å². The molecule has 0 aromatic rings. The van der Waals surface area contributed by atoms with Crippen molar-refractivity contribution in [2.75, 3.05) is 26.5 Å². The summed E-state index contributed by atoms with van der Waals surface area (Å²) >= 11 is 0. The molecule has 0 amide bonds. The van der Waals surface area contributed by atoms with Crippen molar-refractivity contribution in [3.8, 4) is 0 Å². The molecule has 0 heterocycles. The lowest BCUT2D eigenvalue weighted by Crippen LogP contribution is -2.64. The van der Waals surface area contributed by atoms with Gasteiger partial charge in [0.25, 0.3) is 0 Å². The van der Waals surface area contributed by atoms with E-state index in [-0.39, 0.29) is 19.2 Å². The molecule has 0 bridgehead atoms. The fourth-order valence-corrected chi connectivity index (χ4v) is 6.46. The Morgan fingerprint density at radius 1 is 0.650 bits per heavy atom. The van der Waals surface area contributed by atoms with Crippen LogP contribution in [0, 0.1) is 0 Å². The Morgan fingerprint density at radius 2 is 1.05 bits per heavy atom. The second kappa shape index (κ2) is 22.4. The Hall–Kier alpha value is -0.130. The van der Waals surface area contributed by atoms with Gasteiger partial charge in [-0.15, -0.1) is 0 Å². The molecule has 6 atom stereocenters. The van der Waals surface area contributed by atoms with Crippen molar-refractivity contribution in [1.82, 2.24) is 0 Å². The highest BCUT2D eigenvalue weighted by Crippen LogP contribution is 2.46. The van der Waals surface area contributed by atoms with Gasteiger partial charge in [-0.3, -0.25) is 9.09 Å². The lowest BCUT2D eigenvalue weighted by Gasteiger charge is -2.41. The first-order chi connectivity index (χ1) is 19.1. The predicted molar refractivity (Wildman–Crippen MR) is 155 cm³/mol. The van der Waals surface area contributed by atoms with Crippen LogP contribution in [0.2, 0.25) is 0 Å². The van der Waals surface area contributed by atoms with Crippen LogP contribution in [0.25, 0.3) is 0 Å². The van der Waals surface area contributed by atoms with E-state index in [2.05, 4.69) is 6.92 Å². The molecule has 10 nitrogen and oxygen atoms in total. The summed E-state index contributed by atoms with van der Waals surface area (Å²) in [6.07, 6.45) is 9.39. The molecule has 0 spiro atoms. The van der Waals surface area contributed by atoms with Crippen LogP contribution in [0.15, 0.2) is 0 Å². The zero-order valence-electron chi connectivity index (χ0n) is 24.9. The van der Waals surface area contributed by atoms with Crippen molar-refractivity contribution in [1.29, 1.82) is 0 Å². The van der Waals surface area contributed by atoms with E-state index < -0.39 is 50.3 Å². The molecule has 0 radical (unpaired) electrons. The van der Waals surface area contributed by atoms with Gasteiger partial charge >= 0.3 is 7.60 Å². The summed E-state index contributed by atoms with van der Waals surface area (Å²) in [4.78, 5) is 10.2. The minimum atomic E-state index is -4.31. The molecule has 0 aromatic heterocycles. The molecule has 240 valence electrons. The Bertz CT molecular complexity index is 638. The molecular weight excluding hydrogens is 539 g/mol. The maximum absolute atomic E-state index is 12.5. The van der Waals surface area contributed by atoms with E-state index in [1.54, 1.807) is 0 Å². The molecule has 0 aliphatic heterocycles. The van der Waals surface area contributed by atoms with Crippen molar-refractivity contribution in [2.24, 2.45) is 0 Å². The number of unbranched alkanes of at least 4 members (excludes halogenated alkanes) is 15. The summed E-state index contributed by atoms with van der Waals surface area (Å²) in [7, 11) is -2.83. The van der Waals surface area contributed by atoms with E-state index in [4.69, 9.17) is 14.0 Å². The van der Waals surface area contributed by atoms with Crippen LogP contribution < -0.4 is 0 Å². The standard InChI is InChI=1S/C29H59O10P/c1-3-4-5-6-7-8-9-10-11-12-13-14-15-16-17-18-20-38-22-23(37-2)19-21-40(35,36)39-29-27(33)25(31)24(30)26(32)28(29)34/h23-34H,3-22H2,1-2H3,(H,35,36). The summed E-state index contributed by atoms with van der Waals surface area (Å²) in [5.74, 6) is 0. The molecule has 1 aliphatic rings. The molecule has 11 heteroatoms. The molecule has 1 aliphatic carbocycles. The molecule has 6 unspecified atom stereocenters. The topological polar surface area (TPSA) is 166 Å². The first kappa shape index (κ1) is 37.9. The Labute approximate surface area is 242 Å². The zero-order chi connectivity index (χ0) is 29.8. The highest BCUT2D eigenvalue weighted by Gasteiger charge is 2.50. The molecule has 1 saturated carbocycles. The van der Waals surface area contributed by atoms with Gasteiger partial charge in [0.1, 0.15) is 36.6 Å². The smallest absolute Gasteiger partial charge is 0.328 e. The third-order valence-electron chi connectivity index (χ3n) is 7.87. The van der Waals surface area contributed by atoms with Crippen molar-refractivity contribution in [3.05, 3.63) is 0 Å². The minimum absolute atomic E-state index is 0.135. The van der Waals surface area contributed by atoms with Crippen LogP contribution in [-0.2, 0) is 18.6 Å². The van der Waals surface area contributed by atoms with Crippen LogP contribution in [0.4, 0.5) is 0 Å². The summed E-state index contributed by atoms with van der Waals surface area (Å²) in [6.45, 7) is 3.10. The van der Waals surface area contributed by atoms with Gasteiger partial charge in [0.15, 0.2) is 0 Å². The lowest BCUT2D eigenvalue weighted by atomic mass is 9.85. The second-order valence-electron chi connectivity index (χ2n) is 11.4. The van der Waals surface area contributed by atoms with E-state index in [0.29, 0.717) is 6.61 Å². The van der Waals surface area contributed by atoms with Crippen molar-refractivity contribution >= 4 is 7.60 Å². The summed E-state index contributed by atoms with van der Waals surface area (Å²) in [5, 5.41) is 49.2. The molecule has 0 aromatic carbocycles. The first-order valence-corrected chi connectivity index (χ1v) is 17.4. The van der Waals surface area contributed by atoms with Crippen LogP contribution in [0.5, 0.6) is 0 Å². The molecule has 0 saturated heterocycles. The van der Waals surface area contributed by atoms with Gasteiger partial charge in [-0.25, -0.2) is 0 Å². The van der Waals surface area contributed by atoms with Gasteiger partial charge in [0, 0.05) is 13.7 Å². The predicted octanol–water partition coefficient (Wildman–Crippen LogP) is 4.06. The Kier molecular flexibility index (Phi) is 21.2. The number of hydrogen-bond acceptors (Lipinski definition) is 9. The van der Waals surface area contributed by atoms with Gasteiger partial charge in [-0.05, 0) is 12.8 Å².